The average Bonchev–Trinajstić information content (AvgIpc) is 2.75. The second-order valence-electron chi connectivity index (χ2n) is 6.73. The summed E-state index contributed by atoms with van der Waals surface area (Å²) in [6.07, 6.45) is 6.17. The van der Waals surface area contributed by atoms with Crippen LogP contribution in [0.5, 0.6) is 0 Å². The molecule has 1 aromatic rings. The van der Waals surface area contributed by atoms with E-state index in [0.29, 0.717) is 17.5 Å². The van der Waals surface area contributed by atoms with Crippen molar-refractivity contribution in [2.45, 2.75) is 58.0 Å². The number of hydrogen-bond acceptors (Lipinski definition) is 2. The van der Waals surface area contributed by atoms with E-state index in [1.54, 1.807) is 0 Å². The van der Waals surface area contributed by atoms with Gasteiger partial charge in [-0.3, -0.25) is 0 Å². The minimum Gasteiger partial charge on any atom is -0.329 e. The monoisotopic (exact) mass is 260 g/mol. The Balaban J connectivity index is 1.78. The fourth-order valence-corrected chi connectivity index (χ4v) is 3.17. The molecular weight excluding hydrogens is 232 g/mol. The second kappa shape index (κ2) is 6.53. The van der Waals surface area contributed by atoms with Crippen LogP contribution in [-0.4, -0.2) is 18.6 Å². The van der Waals surface area contributed by atoms with E-state index < -0.39 is 0 Å². The van der Waals surface area contributed by atoms with Crippen molar-refractivity contribution in [3.05, 3.63) is 35.9 Å². The van der Waals surface area contributed by atoms with Crippen molar-refractivity contribution >= 4 is 0 Å². The Hall–Kier alpha value is -0.860. The zero-order valence-corrected chi connectivity index (χ0v) is 12.4. The van der Waals surface area contributed by atoms with Crippen LogP contribution in [0.4, 0.5) is 0 Å². The molecule has 0 heterocycles. The van der Waals surface area contributed by atoms with Gasteiger partial charge in [-0.2, -0.15) is 0 Å². The molecule has 2 atom stereocenters. The maximum atomic E-state index is 5.92. The molecule has 0 aromatic heterocycles. The average molecular weight is 260 g/mol. The van der Waals surface area contributed by atoms with E-state index in [0.717, 1.165) is 19.4 Å². The second-order valence-corrected chi connectivity index (χ2v) is 6.73. The lowest BCUT2D eigenvalue weighted by atomic mass is 9.91. The van der Waals surface area contributed by atoms with Gasteiger partial charge in [-0.25, -0.2) is 0 Å². The largest absolute Gasteiger partial charge is 0.329 e. The zero-order valence-electron chi connectivity index (χ0n) is 12.4. The Bertz CT molecular complexity index is 372. The summed E-state index contributed by atoms with van der Waals surface area (Å²) in [5.74, 6) is 0. The standard InChI is InChI=1S/C17H28N2/c1-17(2)11-10-15(12-17)19-16(13-18)9-8-14-6-4-3-5-7-14/h3-7,15-16,19H,8-13,18H2,1-2H3. The van der Waals surface area contributed by atoms with Crippen LogP contribution in [0.3, 0.4) is 0 Å². The van der Waals surface area contributed by atoms with Gasteiger partial charge >= 0.3 is 0 Å². The first kappa shape index (κ1) is 14.5. The Morgan fingerprint density at radius 1 is 1.32 bits per heavy atom. The number of nitrogens with one attached hydrogen (secondary N) is 1. The summed E-state index contributed by atoms with van der Waals surface area (Å²) in [4.78, 5) is 0. The molecule has 0 amide bonds. The molecule has 2 heteroatoms. The lowest BCUT2D eigenvalue weighted by Crippen LogP contribution is -2.42. The molecule has 3 N–H and O–H groups in total. The van der Waals surface area contributed by atoms with Crippen molar-refractivity contribution in [1.29, 1.82) is 0 Å². The molecular formula is C17H28N2. The maximum Gasteiger partial charge on any atom is 0.0196 e. The summed E-state index contributed by atoms with van der Waals surface area (Å²) in [6, 6.07) is 11.8. The Labute approximate surface area is 117 Å². The van der Waals surface area contributed by atoms with Gasteiger partial charge in [-0.05, 0) is 43.1 Å². The molecule has 0 aliphatic heterocycles. The van der Waals surface area contributed by atoms with Crippen molar-refractivity contribution in [2.75, 3.05) is 6.54 Å². The topological polar surface area (TPSA) is 38.0 Å². The normalized spacial score (nSPS) is 23.4. The quantitative estimate of drug-likeness (QED) is 0.825. The van der Waals surface area contributed by atoms with Crippen LogP contribution in [0, 0.1) is 5.41 Å². The predicted octanol–water partition coefficient (Wildman–Crippen LogP) is 3.11. The third kappa shape index (κ3) is 4.63. The molecule has 0 radical (unpaired) electrons. The Morgan fingerprint density at radius 2 is 2.05 bits per heavy atom. The number of nitrogens with two attached hydrogens (primary N) is 1. The Kier molecular flexibility index (Phi) is 5.00. The Morgan fingerprint density at radius 3 is 2.63 bits per heavy atom. The first-order valence-electron chi connectivity index (χ1n) is 7.59. The van der Waals surface area contributed by atoms with Crippen molar-refractivity contribution in [3.63, 3.8) is 0 Å². The summed E-state index contributed by atoms with van der Waals surface area (Å²) in [6.45, 7) is 5.48. The third-order valence-corrected chi connectivity index (χ3v) is 4.35. The van der Waals surface area contributed by atoms with E-state index >= 15 is 0 Å². The fraction of sp³-hybridized carbons (Fsp3) is 0.647. The molecule has 19 heavy (non-hydrogen) atoms. The molecule has 1 aromatic carbocycles. The van der Waals surface area contributed by atoms with Gasteiger partial charge in [0.1, 0.15) is 0 Å². The number of rotatable bonds is 6. The van der Waals surface area contributed by atoms with E-state index in [1.807, 2.05) is 0 Å². The molecule has 2 unspecified atom stereocenters. The first-order chi connectivity index (χ1) is 9.09. The number of benzene rings is 1. The molecule has 1 aliphatic carbocycles. The molecule has 1 fully saturated rings. The van der Waals surface area contributed by atoms with Gasteiger partial charge in [0.2, 0.25) is 0 Å². The fourth-order valence-electron chi connectivity index (χ4n) is 3.17. The maximum absolute atomic E-state index is 5.92. The molecule has 1 saturated carbocycles. The minimum atomic E-state index is 0.458. The lowest BCUT2D eigenvalue weighted by molar-refractivity contribution is 0.348. The van der Waals surface area contributed by atoms with Crippen molar-refractivity contribution in [3.8, 4) is 0 Å². The molecule has 106 valence electrons. The van der Waals surface area contributed by atoms with Gasteiger partial charge in [0.15, 0.2) is 0 Å². The summed E-state index contributed by atoms with van der Waals surface area (Å²) < 4.78 is 0. The minimum absolute atomic E-state index is 0.458. The first-order valence-corrected chi connectivity index (χ1v) is 7.59. The molecule has 2 nitrogen and oxygen atoms in total. The summed E-state index contributed by atoms with van der Waals surface area (Å²) in [5, 5.41) is 3.77. The van der Waals surface area contributed by atoms with Gasteiger partial charge in [0.25, 0.3) is 0 Å². The highest BCUT2D eigenvalue weighted by molar-refractivity contribution is 5.14. The third-order valence-electron chi connectivity index (χ3n) is 4.35. The summed E-state index contributed by atoms with van der Waals surface area (Å²) in [7, 11) is 0. The van der Waals surface area contributed by atoms with Crippen LogP contribution < -0.4 is 11.1 Å². The van der Waals surface area contributed by atoms with Gasteiger partial charge in [0, 0.05) is 18.6 Å². The molecule has 2 rings (SSSR count). The van der Waals surface area contributed by atoms with Crippen LogP contribution in [0.1, 0.15) is 45.1 Å². The molecule has 1 aliphatic rings. The van der Waals surface area contributed by atoms with Crippen molar-refractivity contribution < 1.29 is 0 Å². The summed E-state index contributed by atoms with van der Waals surface area (Å²) >= 11 is 0. The number of aryl methyl sites for hydroxylation is 1. The highest BCUT2D eigenvalue weighted by Crippen LogP contribution is 2.37. The van der Waals surface area contributed by atoms with Crippen LogP contribution in [0.2, 0.25) is 0 Å². The van der Waals surface area contributed by atoms with Crippen molar-refractivity contribution in [1.82, 2.24) is 5.32 Å². The van der Waals surface area contributed by atoms with Gasteiger partial charge in [-0.15, -0.1) is 0 Å². The predicted molar refractivity (Wildman–Crippen MR) is 82.2 cm³/mol. The van der Waals surface area contributed by atoms with Crippen LogP contribution >= 0.6 is 0 Å². The molecule has 0 saturated heterocycles. The number of hydrogen-bond donors (Lipinski definition) is 2. The van der Waals surface area contributed by atoms with Crippen molar-refractivity contribution in [2.24, 2.45) is 11.1 Å². The zero-order chi connectivity index (χ0) is 13.7. The molecule has 0 spiro atoms. The van der Waals surface area contributed by atoms with E-state index in [4.69, 9.17) is 5.73 Å². The van der Waals surface area contributed by atoms with Crippen LogP contribution in [0.25, 0.3) is 0 Å². The van der Waals surface area contributed by atoms with Gasteiger partial charge < -0.3 is 11.1 Å². The van der Waals surface area contributed by atoms with E-state index in [9.17, 15) is 0 Å². The van der Waals surface area contributed by atoms with Gasteiger partial charge in [-0.1, -0.05) is 44.2 Å². The van der Waals surface area contributed by atoms with Crippen LogP contribution in [-0.2, 0) is 6.42 Å². The highest BCUT2D eigenvalue weighted by Gasteiger charge is 2.31. The van der Waals surface area contributed by atoms with E-state index in [-0.39, 0.29) is 0 Å². The van der Waals surface area contributed by atoms with E-state index in [2.05, 4.69) is 49.5 Å². The van der Waals surface area contributed by atoms with E-state index in [1.165, 1.54) is 24.8 Å². The highest BCUT2D eigenvalue weighted by atomic mass is 15.0. The lowest BCUT2D eigenvalue weighted by Gasteiger charge is -2.23. The SMILES string of the molecule is CC1(C)CCC(NC(CN)CCc2ccccc2)C1. The molecule has 0 bridgehead atoms. The summed E-state index contributed by atoms with van der Waals surface area (Å²) in [5.41, 5.74) is 7.84. The smallest absolute Gasteiger partial charge is 0.0196 e. The van der Waals surface area contributed by atoms with Crippen LogP contribution in [0.15, 0.2) is 30.3 Å². The van der Waals surface area contributed by atoms with Gasteiger partial charge in [0.05, 0.1) is 0 Å².